The van der Waals surface area contributed by atoms with Gasteiger partial charge in [0.25, 0.3) is 5.91 Å². The standard InChI is InChI=1S/C29H32F3N9O2.ClH/c1-2-18-15-20(3-4-21(18)28(43)40-13-11-39(12-14-40)27(42)19-5-7-33-8-6-19)37-25-26-35-17-23(41(26)10-9-34-25)22-16-36-38-24(22)29(30,31)32;/h3-4,9-10,15-17,19,33H,2,5-8,11-14H2,1H3,(H,34,37)(H,36,38);1H. The van der Waals surface area contributed by atoms with E-state index in [1.54, 1.807) is 17.0 Å². The molecule has 0 radical (unpaired) electrons. The lowest BCUT2D eigenvalue weighted by Gasteiger charge is -2.37. The molecule has 15 heteroatoms. The van der Waals surface area contributed by atoms with Gasteiger partial charge in [-0.3, -0.25) is 19.1 Å². The molecule has 2 fully saturated rings. The Labute approximate surface area is 257 Å². The van der Waals surface area contributed by atoms with Crippen LogP contribution in [-0.4, -0.2) is 85.4 Å². The molecule has 11 nitrogen and oxygen atoms in total. The fraction of sp³-hybridized carbons (Fsp3) is 0.414. The number of aromatic nitrogens is 5. The molecule has 0 bridgehead atoms. The highest BCUT2D eigenvalue weighted by molar-refractivity contribution is 5.96. The molecular weight excluding hydrogens is 599 g/mol. The van der Waals surface area contributed by atoms with Crippen molar-refractivity contribution in [2.75, 3.05) is 44.6 Å². The van der Waals surface area contributed by atoms with Gasteiger partial charge in [-0.05, 0) is 56.1 Å². The molecule has 2 aliphatic rings. The van der Waals surface area contributed by atoms with E-state index >= 15 is 0 Å². The van der Waals surface area contributed by atoms with E-state index in [1.807, 2.05) is 23.0 Å². The lowest BCUT2D eigenvalue weighted by Crippen LogP contribution is -2.52. The highest BCUT2D eigenvalue weighted by Gasteiger charge is 2.37. The number of hydrogen-bond acceptors (Lipinski definition) is 7. The number of fused-ring (bicyclic) bond motifs is 1. The van der Waals surface area contributed by atoms with Gasteiger partial charge in [0.1, 0.15) is 5.69 Å². The first-order chi connectivity index (χ1) is 20.7. The topological polar surface area (TPSA) is 124 Å². The van der Waals surface area contributed by atoms with E-state index in [1.165, 1.54) is 23.0 Å². The smallest absolute Gasteiger partial charge is 0.339 e. The number of alkyl halides is 3. The van der Waals surface area contributed by atoms with E-state index in [9.17, 15) is 22.8 Å². The predicted molar refractivity (Wildman–Crippen MR) is 160 cm³/mol. The number of H-pyrrole nitrogens is 1. The number of imidazole rings is 1. The Morgan fingerprint density at radius 3 is 2.48 bits per heavy atom. The Kier molecular flexibility index (Phi) is 9.11. The maximum Gasteiger partial charge on any atom is 0.433 e. The van der Waals surface area contributed by atoms with Gasteiger partial charge in [-0.15, -0.1) is 12.4 Å². The van der Waals surface area contributed by atoms with Gasteiger partial charge in [-0.25, -0.2) is 9.97 Å². The summed E-state index contributed by atoms with van der Waals surface area (Å²) in [4.78, 5) is 38.8. The van der Waals surface area contributed by atoms with Crippen molar-refractivity contribution in [2.45, 2.75) is 32.4 Å². The molecule has 3 aromatic heterocycles. The largest absolute Gasteiger partial charge is 0.433 e. The van der Waals surface area contributed by atoms with Crippen LogP contribution in [0.1, 0.15) is 41.4 Å². The summed E-state index contributed by atoms with van der Waals surface area (Å²) in [5, 5.41) is 12.1. The van der Waals surface area contributed by atoms with Crippen molar-refractivity contribution in [3.05, 3.63) is 59.8 Å². The van der Waals surface area contributed by atoms with Gasteiger partial charge < -0.3 is 20.4 Å². The van der Waals surface area contributed by atoms with Crippen molar-refractivity contribution in [1.82, 2.24) is 39.7 Å². The first-order valence-electron chi connectivity index (χ1n) is 14.4. The van der Waals surface area contributed by atoms with E-state index in [0.717, 1.165) is 37.7 Å². The van der Waals surface area contributed by atoms with Crippen LogP contribution in [0.5, 0.6) is 0 Å². The lowest BCUT2D eigenvalue weighted by atomic mass is 9.96. The van der Waals surface area contributed by atoms with Crippen LogP contribution in [-0.2, 0) is 17.4 Å². The minimum atomic E-state index is -4.60. The third-order valence-corrected chi connectivity index (χ3v) is 8.17. The zero-order chi connectivity index (χ0) is 30.1. The molecule has 2 aliphatic heterocycles. The molecule has 3 N–H and O–H groups in total. The molecule has 2 saturated heterocycles. The number of amides is 2. The Hall–Kier alpha value is -4.17. The summed E-state index contributed by atoms with van der Waals surface area (Å²) in [5.41, 5.74) is 1.58. The third kappa shape index (κ3) is 6.09. The number of anilines is 2. The van der Waals surface area contributed by atoms with Crippen LogP contribution >= 0.6 is 12.4 Å². The van der Waals surface area contributed by atoms with Crippen LogP contribution in [0.4, 0.5) is 24.7 Å². The summed E-state index contributed by atoms with van der Waals surface area (Å²) in [6.07, 6.45) is 3.20. The number of carbonyl (C=O) groups is 2. The Balaban J connectivity index is 0.00000384. The second-order valence-corrected chi connectivity index (χ2v) is 10.8. The molecule has 0 saturated carbocycles. The number of nitrogens with one attached hydrogen (secondary N) is 3. The minimum absolute atomic E-state index is 0. The number of hydrogen-bond donors (Lipinski definition) is 3. The number of aryl methyl sites for hydroxylation is 1. The Morgan fingerprint density at radius 2 is 1.77 bits per heavy atom. The van der Waals surface area contributed by atoms with Crippen LogP contribution in [0.3, 0.4) is 0 Å². The number of benzene rings is 1. The van der Waals surface area contributed by atoms with Crippen LogP contribution in [0, 0.1) is 5.92 Å². The van der Waals surface area contributed by atoms with Gasteiger partial charge in [0, 0.05) is 55.7 Å². The molecule has 2 amide bonds. The number of halogens is 4. The SMILES string of the molecule is CCc1cc(Nc2nccn3c(-c4cn[nH]c4C(F)(F)F)cnc23)ccc1C(=O)N1CCN(C(=O)C2CCNCC2)CC1.Cl. The predicted octanol–water partition coefficient (Wildman–Crippen LogP) is 4.15. The highest BCUT2D eigenvalue weighted by atomic mass is 35.5. The fourth-order valence-electron chi connectivity index (χ4n) is 5.84. The zero-order valence-electron chi connectivity index (χ0n) is 24.0. The van der Waals surface area contributed by atoms with Gasteiger partial charge in [-0.1, -0.05) is 6.92 Å². The summed E-state index contributed by atoms with van der Waals surface area (Å²) >= 11 is 0. The Morgan fingerprint density at radius 1 is 1.05 bits per heavy atom. The van der Waals surface area contributed by atoms with Crippen LogP contribution < -0.4 is 10.6 Å². The van der Waals surface area contributed by atoms with Gasteiger partial charge in [-0.2, -0.15) is 18.3 Å². The summed E-state index contributed by atoms with van der Waals surface area (Å²) in [6.45, 7) is 5.72. The molecule has 0 atom stereocenters. The molecule has 0 unspecified atom stereocenters. The van der Waals surface area contributed by atoms with E-state index in [4.69, 9.17) is 0 Å². The summed E-state index contributed by atoms with van der Waals surface area (Å²) in [5.74, 6) is 0.529. The van der Waals surface area contributed by atoms with Gasteiger partial charge in [0.05, 0.1) is 23.7 Å². The number of piperidine rings is 1. The van der Waals surface area contributed by atoms with Gasteiger partial charge >= 0.3 is 6.18 Å². The van der Waals surface area contributed by atoms with Crippen molar-refractivity contribution in [1.29, 1.82) is 0 Å². The van der Waals surface area contributed by atoms with E-state index in [-0.39, 0.29) is 41.4 Å². The van der Waals surface area contributed by atoms with Crippen LogP contribution in [0.2, 0.25) is 0 Å². The first kappa shape index (κ1) is 31.3. The van der Waals surface area contributed by atoms with E-state index < -0.39 is 11.9 Å². The van der Waals surface area contributed by atoms with E-state index in [0.29, 0.717) is 55.3 Å². The van der Waals surface area contributed by atoms with Crippen molar-refractivity contribution in [3.8, 4) is 11.3 Å². The van der Waals surface area contributed by atoms with Gasteiger partial charge in [0.2, 0.25) is 5.91 Å². The third-order valence-electron chi connectivity index (χ3n) is 8.17. The summed E-state index contributed by atoms with van der Waals surface area (Å²) < 4.78 is 41.9. The molecule has 5 heterocycles. The molecule has 4 aromatic rings. The van der Waals surface area contributed by atoms with Crippen molar-refractivity contribution in [3.63, 3.8) is 0 Å². The average Bonchev–Trinajstić information content (AvgIpc) is 3.69. The number of rotatable bonds is 6. The lowest BCUT2D eigenvalue weighted by molar-refractivity contribution is -0.140. The maximum absolute atomic E-state index is 13.5. The second-order valence-electron chi connectivity index (χ2n) is 10.8. The zero-order valence-corrected chi connectivity index (χ0v) is 24.8. The summed E-state index contributed by atoms with van der Waals surface area (Å²) in [6, 6.07) is 5.42. The monoisotopic (exact) mass is 631 g/mol. The number of aromatic amines is 1. The number of piperazine rings is 1. The molecule has 6 rings (SSSR count). The molecule has 1 aromatic carbocycles. The van der Waals surface area contributed by atoms with Crippen LogP contribution in [0.25, 0.3) is 16.9 Å². The van der Waals surface area contributed by atoms with E-state index in [2.05, 4.69) is 25.7 Å². The van der Waals surface area contributed by atoms with Crippen LogP contribution in [0.15, 0.2) is 43.0 Å². The highest BCUT2D eigenvalue weighted by Crippen LogP contribution is 2.36. The molecule has 234 valence electrons. The first-order valence-corrected chi connectivity index (χ1v) is 14.4. The van der Waals surface area contributed by atoms with Crippen molar-refractivity contribution < 1.29 is 22.8 Å². The maximum atomic E-state index is 13.5. The molecule has 0 spiro atoms. The molecule has 44 heavy (non-hydrogen) atoms. The normalized spacial score (nSPS) is 16.2. The minimum Gasteiger partial charge on any atom is -0.339 e. The number of nitrogens with zero attached hydrogens (tertiary/aromatic N) is 6. The average molecular weight is 632 g/mol. The molecule has 0 aliphatic carbocycles. The van der Waals surface area contributed by atoms with Gasteiger partial charge in [0.15, 0.2) is 11.5 Å². The second kappa shape index (κ2) is 12.8. The summed E-state index contributed by atoms with van der Waals surface area (Å²) in [7, 11) is 0. The number of carbonyl (C=O) groups excluding carboxylic acids is 2. The molecular formula is C29H33ClF3N9O2. The fourth-order valence-corrected chi connectivity index (χ4v) is 5.84. The quantitative estimate of drug-likeness (QED) is 0.292. The van der Waals surface area contributed by atoms with Crippen molar-refractivity contribution >= 4 is 41.4 Å². The Bertz CT molecular complexity index is 1640. The van der Waals surface area contributed by atoms with Crippen molar-refractivity contribution in [2.24, 2.45) is 5.92 Å².